The Morgan fingerprint density at radius 3 is 2.68 bits per heavy atom. The number of hydrogen-bond acceptors (Lipinski definition) is 5. The molecule has 0 bridgehead atoms. The normalized spacial score (nSPS) is 12.8. The van der Waals surface area contributed by atoms with E-state index in [1.54, 1.807) is 0 Å². The molecule has 0 aliphatic heterocycles. The van der Waals surface area contributed by atoms with Gasteiger partial charge in [-0.1, -0.05) is 0 Å². The Kier molecular flexibility index (Phi) is 5.16. The number of aliphatic hydroxyl groups excluding tert-OH is 1. The molecule has 19 heavy (non-hydrogen) atoms. The summed E-state index contributed by atoms with van der Waals surface area (Å²) >= 11 is 0. The van der Waals surface area contributed by atoms with Crippen LogP contribution < -0.4 is 10.1 Å². The summed E-state index contributed by atoms with van der Waals surface area (Å²) in [5, 5.41) is 31.1. The van der Waals surface area contributed by atoms with Gasteiger partial charge in [0, 0.05) is 18.2 Å². The summed E-state index contributed by atoms with van der Waals surface area (Å²) in [4.78, 5) is 0. The number of phenols is 1. The maximum Gasteiger partial charge on any atom is 0.137 e. The number of ether oxygens (including phenoxy) is 1. The van der Waals surface area contributed by atoms with Gasteiger partial charge in [0.1, 0.15) is 30.3 Å². The van der Waals surface area contributed by atoms with Gasteiger partial charge in [-0.05, 0) is 32.9 Å². The van der Waals surface area contributed by atoms with Gasteiger partial charge in [-0.3, -0.25) is 0 Å². The van der Waals surface area contributed by atoms with Crippen LogP contribution in [0.15, 0.2) is 18.2 Å². The van der Waals surface area contributed by atoms with Gasteiger partial charge in [0.25, 0.3) is 0 Å². The second kappa shape index (κ2) is 6.41. The molecule has 0 fully saturated rings. The van der Waals surface area contributed by atoms with Crippen molar-refractivity contribution in [2.24, 2.45) is 0 Å². The van der Waals surface area contributed by atoms with Crippen LogP contribution in [0, 0.1) is 11.3 Å². The summed E-state index contributed by atoms with van der Waals surface area (Å²) in [7, 11) is 0. The highest BCUT2D eigenvalue weighted by molar-refractivity contribution is 5.47. The second-order valence-corrected chi connectivity index (χ2v) is 5.39. The van der Waals surface area contributed by atoms with E-state index >= 15 is 0 Å². The van der Waals surface area contributed by atoms with Crippen LogP contribution in [0.25, 0.3) is 0 Å². The third kappa shape index (κ3) is 5.60. The Labute approximate surface area is 113 Å². The number of β-amino-alcohol motifs (C(OH)–C–C–N with tert-alkyl or cyclic N) is 1. The molecular weight excluding hydrogens is 244 g/mol. The monoisotopic (exact) mass is 264 g/mol. The van der Waals surface area contributed by atoms with Gasteiger partial charge in [-0.2, -0.15) is 5.26 Å². The van der Waals surface area contributed by atoms with Crippen LogP contribution in [0.1, 0.15) is 26.3 Å². The van der Waals surface area contributed by atoms with E-state index in [2.05, 4.69) is 5.32 Å². The highest BCUT2D eigenvalue weighted by Gasteiger charge is 2.13. The SMILES string of the molecule is CC(C)(C)NCC(O)COc1ccc(O)cc1C#N. The lowest BCUT2D eigenvalue weighted by molar-refractivity contribution is 0.0999. The zero-order valence-corrected chi connectivity index (χ0v) is 11.5. The molecule has 0 saturated heterocycles. The van der Waals surface area contributed by atoms with E-state index in [1.807, 2.05) is 26.8 Å². The van der Waals surface area contributed by atoms with Gasteiger partial charge in [0.05, 0.1) is 5.56 Å². The highest BCUT2D eigenvalue weighted by atomic mass is 16.5. The molecule has 1 atom stereocenters. The molecule has 1 aromatic carbocycles. The number of rotatable bonds is 5. The summed E-state index contributed by atoms with van der Waals surface area (Å²) in [5.74, 6) is 0.369. The minimum Gasteiger partial charge on any atom is -0.508 e. The van der Waals surface area contributed by atoms with E-state index in [9.17, 15) is 10.2 Å². The predicted octanol–water partition coefficient (Wildman–Crippen LogP) is 1.39. The fourth-order valence-corrected chi connectivity index (χ4v) is 1.40. The fourth-order valence-electron chi connectivity index (χ4n) is 1.40. The number of aromatic hydroxyl groups is 1. The number of benzene rings is 1. The van der Waals surface area contributed by atoms with Crippen molar-refractivity contribution in [1.29, 1.82) is 5.26 Å². The zero-order chi connectivity index (χ0) is 14.5. The molecule has 5 heteroatoms. The number of nitrogens with zero attached hydrogens (tertiary/aromatic N) is 1. The Hall–Kier alpha value is -1.77. The average Bonchev–Trinajstić information content (AvgIpc) is 2.33. The molecule has 0 heterocycles. The lowest BCUT2D eigenvalue weighted by Gasteiger charge is -2.23. The first-order valence-electron chi connectivity index (χ1n) is 6.11. The smallest absolute Gasteiger partial charge is 0.137 e. The standard InChI is InChI=1S/C14H20N2O3/c1-14(2,3)16-8-12(18)9-19-13-5-4-11(17)6-10(13)7-15/h4-6,12,16-18H,8-9H2,1-3H3. The molecule has 104 valence electrons. The maximum absolute atomic E-state index is 9.77. The number of nitrogens with one attached hydrogen (secondary N) is 1. The number of phenolic OH excluding ortho intramolecular Hbond substituents is 1. The van der Waals surface area contributed by atoms with Crippen molar-refractivity contribution in [2.75, 3.05) is 13.2 Å². The van der Waals surface area contributed by atoms with Crippen molar-refractivity contribution in [3.05, 3.63) is 23.8 Å². The number of nitriles is 1. The van der Waals surface area contributed by atoms with Gasteiger partial charge in [0.15, 0.2) is 0 Å². The van der Waals surface area contributed by atoms with E-state index in [-0.39, 0.29) is 23.5 Å². The molecule has 0 amide bonds. The van der Waals surface area contributed by atoms with Crippen molar-refractivity contribution >= 4 is 0 Å². The van der Waals surface area contributed by atoms with Crippen LogP contribution in [0.3, 0.4) is 0 Å². The second-order valence-electron chi connectivity index (χ2n) is 5.39. The average molecular weight is 264 g/mol. The van der Waals surface area contributed by atoms with E-state index in [0.717, 1.165) is 0 Å². The summed E-state index contributed by atoms with van der Waals surface area (Å²) < 4.78 is 5.39. The highest BCUT2D eigenvalue weighted by Crippen LogP contribution is 2.22. The van der Waals surface area contributed by atoms with Crippen LogP contribution >= 0.6 is 0 Å². The van der Waals surface area contributed by atoms with Crippen molar-refractivity contribution in [3.8, 4) is 17.6 Å². The molecule has 0 aromatic heterocycles. The molecule has 1 aromatic rings. The lowest BCUT2D eigenvalue weighted by Crippen LogP contribution is -2.42. The molecule has 0 aliphatic carbocycles. The van der Waals surface area contributed by atoms with Crippen LogP contribution in [0.4, 0.5) is 0 Å². The molecule has 0 aliphatic rings. The maximum atomic E-state index is 9.77. The van der Waals surface area contributed by atoms with E-state index in [4.69, 9.17) is 10.00 Å². The summed E-state index contributed by atoms with van der Waals surface area (Å²) in [6, 6.07) is 6.21. The molecule has 3 N–H and O–H groups in total. The number of aliphatic hydroxyl groups is 1. The van der Waals surface area contributed by atoms with E-state index in [0.29, 0.717) is 12.3 Å². The molecule has 1 unspecified atom stereocenters. The Morgan fingerprint density at radius 1 is 1.42 bits per heavy atom. The van der Waals surface area contributed by atoms with E-state index in [1.165, 1.54) is 18.2 Å². The summed E-state index contributed by atoms with van der Waals surface area (Å²) in [5.41, 5.74) is 0.174. The van der Waals surface area contributed by atoms with Crippen molar-refractivity contribution in [1.82, 2.24) is 5.32 Å². The van der Waals surface area contributed by atoms with Gasteiger partial charge >= 0.3 is 0 Å². The van der Waals surface area contributed by atoms with Crippen LogP contribution in [-0.2, 0) is 0 Å². The predicted molar refractivity (Wildman–Crippen MR) is 72.1 cm³/mol. The van der Waals surface area contributed by atoms with Crippen LogP contribution in [-0.4, -0.2) is 35.0 Å². The van der Waals surface area contributed by atoms with Gasteiger partial charge < -0.3 is 20.3 Å². The fraction of sp³-hybridized carbons (Fsp3) is 0.500. The quantitative estimate of drug-likeness (QED) is 0.748. The summed E-state index contributed by atoms with van der Waals surface area (Å²) in [6.45, 7) is 6.52. The largest absolute Gasteiger partial charge is 0.508 e. The molecule has 5 nitrogen and oxygen atoms in total. The Bertz CT molecular complexity index is 461. The summed E-state index contributed by atoms with van der Waals surface area (Å²) in [6.07, 6.45) is -0.667. The molecule has 0 radical (unpaired) electrons. The van der Waals surface area contributed by atoms with Crippen molar-refractivity contribution < 1.29 is 14.9 Å². The van der Waals surface area contributed by atoms with Crippen molar-refractivity contribution in [2.45, 2.75) is 32.4 Å². The topological polar surface area (TPSA) is 85.5 Å². The first-order valence-corrected chi connectivity index (χ1v) is 6.11. The third-order valence-corrected chi connectivity index (χ3v) is 2.38. The van der Waals surface area contributed by atoms with Crippen LogP contribution in [0.5, 0.6) is 11.5 Å². The molecule has 0 spiro atoms. The van der Waals surface area contributed by atoms with Crippen molar-refractivity contribution in [3.63, 3.8) is 0 Å². The molecule has 1 rings (SSSR count). The minimum atomic E-state index is -0.667. The van der Waals surface area contributed by atoms with Gasteiger partial charge in [-0.15, -0.1) is 0 Å². The zero-order valence-electron chi connectivity index (χ0n) is 11.5. The van der Waals surface area contributed by atoms with Gasteiger partial charge in [0.2, 0.25) is 0 Å². The minimum absolute atomic E-state index is 0.0128. The third-order valence-electron chi connectivity index (χ3n) is 2.38. The van der Waals surface area contributed by atoms with E-state index < -0.39 is 6.10 Å². The lowest BCUT2D eigenvalue weighted by atomic mass is 10.1. The van der Waals surface area contributed by atoms with Gasteiger partial charge in [-0.25, -0.2) is 0 Å². The number of hydrogen-bond donors (Lipinski definition) is 3. The Balaban J connectivity index is 2.51. The Morgan fingerprint density at radius 2 is 2.11 bits per heavy atom. The first kappa shape index (κ1) is 15.3. The molecule has 0 saturated carbocycles. The first-order chi connectivity index (χ1) is 8.81. The molecular formula is C14H20N2O3. The van der Waals surface area contributed by atoms with Crippen LogP contribution in [0.2, 0.25) is 0 Å².